The van der Waals surface area contributed by atoms with Crippen molar-refractivity contribution in [2.45, 2.75) is 19.6 Å². The highest BCUT2D eigenvalue weighted by Gasteiger charge is 2.39. The lowest BCUT2D eigenvalue weighted by Gasteiger charge is -2.23. The van der Waals surface area contributed by atoms with Gasteiger partial charge in [-0.1, -0.05) is 42.5 Å². The van der Waals surface area contributed by atoms with E-state index in [2.05, 4.69) is 0 Å². The Hall–Kier alpha value is -2.99. The van der Waals surface area contributed by atoms with Crippen molar-refractivity contribution in [1.29, 1.82) is 0 Å². The van der Waals surface area contributed by atoms with Crippen LogP contribution in [0.1, 0.15) is 33.2 Å². The van der Waals surface area contributed by atoms with E-state index >= 15 is 0 Å². The summed E-state index contributed by atoms with van der Waals surface area (Å²) < 4.78 is 5.26. The van der Waals surface area contributed by atoms with Crippen molar-refractivity contribution in [1.82, 2.24) is 4.90 Å². The number of benzene rings is 2. The number of nitrogens with zero attached hydrogens (tertiary/aromatic N) is 1. The van der Waals surface area contributed by atoms with E-state index in [1.807, 2.05) is 30.3 Å². The van der Waals surface area contributed by atoms with E-state index in [4.69, 9.17) is 4.74 Å². The molecule has 1 aliphatic heterocycles. The molecule has 0 aliphatic carbocycles. The molecule has 2 atom stereocenters. The smallest absolute Gasteiger partial charge is 0.313 e. The van der Waals surface area contributed by atoms with Crippen LogP contribution in [0.5, 0.6) is 0 Å². The van der Waals surface area contributed by atoms with Gasteiger partial charge in [-0.15, -0.1) is 0 Å². The number of carbonyl (C=O) groups is 3. The molecule has 134 valence electrons. The molecule has 6 heteroatoms. The Morgan fingerprint density at radius 1 is 1.00 bits per heavy atom. The molecule has 0 radical (unpaired) electrons. The van der Waals surface area contributed by atoms with Crippen molar-refractivity contribution >= 4 is 17.8 Å². The summed E-state index contributed by atoms with van der Waals surface area (Å²) in [4.78, 5) is 38.3. The van der Waals surface area contributed by atoms with Crippen molar-refractivity contribution in [2.75, 3.05) is 6.54 Å². The largest absolute Gasteiger partial charge is 0.460 e. The standard InChI is InChI=1S/C20H19NO5/c1-13(22)17(20(25)26-12-14-7-3-2-4-8-14)11-21-18(23)15-9-5-6-10-16(15)19(21)24/h2-10,13,17,22H,11-12H2,1H3/t13-,17+/m1/s1. The Morgan fingerprint density at radius 2 is 1.54 bits per heavy atom. The molecular formula is C20H19NO5. The molecule has 2 aromatic rings. The summed E-state index contributed by atoms with van der Waals surface area (Å²) in [7, 11) is 0. The van der Waals surface area contributed by atoms with Crippen molar-refractivity contribution in [3.05, 3.63) is 71.3 Å². The minimum Gasteiger partial charge on any atom is -0.460 e. The van der Waals surface area contributed by atoms with Gasteiger partial charge in [0.1, 0.15) is 12.5 Å². The fraction of sp³-hybridized carbons (Fsp3) is 0.250. The highest BCUT2D eigenvalue weighted by Crippen LogP contribution is 2.24. The molecule has 0 saturated carbocycles. The molecule has 2 amide bonds. The molecule has 1 heterocycles. The van der Waals surface area contributed by atoms with Crippen molar-refractivity contribution in [3.63, 3.8) is 0 Å². The number of hydrogen-bond donors (Lipinski definition) is 1. The number of rotatable bonds is 6. The van der Waals surface area contributed by atoms with Gasteiger partial charge < -0.3 is 9.84 Å². The minimum atomic E-state index is -1.07. The van der Waals surface area contributed by atoms with Gasteiger partial charge in [-0.3, -0.25) is 19.3 Å². The van der Waals surface area contributed by atoms with Gasteiger partial charge in [-0.2, -0.15) is 0 Å². The lowest BCUT2D eigenvalue weighted by atomic mass is 10.0. The molecule has 1 N–H and O–H groups in total. The molecule has 6 nitrogen and oxygen atoms in total. The Morgan fingerprint density at radius 3 is 2.08 bits per heavy atom. The second-order valence-corrected chi connectivity index (χ2v) is 6.21. The van der Waals surface area contributed by atoms with Crippen molar-refractivity contribution in [2.24, 2.45) is 5.92 Å². The summed E-state index contributed by atoms with van der Waals surface area (Å²) in [5.41, 5.74) is 1.42. The van der Waals surface area contributed by atoms with E-state index in [0.717, 1.165) is 10.5 Å². The van der Waals surface area contributed by atoms with E-state index < -0.39 is 29.8 Å². The van der Waals surface area contributed by atoms with Crippen LogP contribution in [0.4, 0.5) is 0 Å². The number of fused-ring (bicyclic) bond motifs is 1. The summed E-state index contributed by atoms with van der Waals surface area (Å²) in [5.74, 6) is -2.60. The van der Waals surface area contributed by atoms with Crippen LogP contribution < -0.4 is 0 Å². The van der Waals surface area contributed by atoms with E-state index in [1.165, 1.54) is 6.92 Å². The molecule has 0 saturated heterocycles. The molecule has 1 aliphatic rings. The third-order valence-electron chi connectivity index (χ3n) is 4.37. The van der Waals surface area contributed by atoms with Crippen LogP contribution in [0, 0.1) is 5.92 Å². The van der Waals surface area contributed by atoms with Gasteiger partial charge in [0.15, 0.2) is 0 Å². The number of aliphatic hydroxyl groups excluding tert-OH is 1. The number of amides is 2. The van der Waals surface area contributed by atoms with Crippen molar-refractivity contribution < 1.29 is 24.2 Å². The highest BCUT2D eigenvalue weighted by molar-refractivity contribution is 6.21. The Labute approximate surface area is 151 Å². The third kappa shape index (κ3) is 3.50. The van der Waals surface area contributed by atoms with Crippen LogP contribution in [0.25, 0.3) is 0 Å². The first-order valence-electron chi connectivity index (χ1n) is 8.33. The average Bonchev–Trinajstić information content (AvgIpc) is 2.89. The van der Waals surface area contributed by atoms with E-state index in [0.29, 0.717) is 11.1 Å². The minimum absolute atomic E-state index is 0.0605. The lowest BCUT2D eigenvalue weighted by molar-refractivity contribution is -0.153. The normalized spacial score (nSPS) is 15.5. The fourth-order valence-electron chi connectivity index (χ4n) is 2.86. The molecule has 0 unspecified atom stereocenters. The SMILES string of the molecule is C[C@@H](O)[C@H](CN1C(=O)c2ccccc2C1=O)C(=O)OCc1ccccc1. The maximum absolute atomic E-state index is 12.4. The molecule has 3 rings (SSSR count). The number of imide groups is 1. The number of aliphatic hydroxyl groups is 1. The predicted octanol–water partition coefficient (Wildman–Crippen LogP) is 2.02. The van der Waals surface area contributed by atoms with Crippen LogP contribution in [-0.2, 0) is 16.1 Å². The fourth-order valence-corrected chi connectivity index (χ4v) is 2.86. The monoisotopic (exact) mass is 353 g/mol. The Bertz CT molecular complexity index is 796. The number of hydrogen-bond acceptors (Lipinski definition) is 5. The maximum Gasteiger partial charge on any atom is 0.313 e. The molecule has 0 fully saturated rings. The average molecular weight is 353 g/mol. The van der Waals surface area contributed by atoms with E-state index in [1.54, 1.807) is 24.3 Å². The summed E-state index contributed by atoms with van der Waals surface area (Å²) >= 11 is 0. The maximum atomic E-state index is 12.4. The Kier molecular flexibility index (Phi) is 5.14. The molecule has 26 heavy (non-hydrogen) atoms. The van der Waals surface area contributed by atoms with Gasteiger partial charge in [-0.25, -0.2) is 0 Å². The van der Waals surface area contributed by atoms with Crippen molar-refractivity contribution in [3.8, 4) is 0 Å². The Balaban J connectivity index is 1.70. The molecule has 0 spiro atoms. The zero-order valence-electron chi connectivity index (χ0n) is 14.3. The number of esters is 1. The molecule has 0 aromatic heterocycles. The highest BCUT2D eigenvalue weighted by atomic mass is 16.5. The first-order valence-corrected chi connectivity index (χ1v) is 8.33. The van der Waals surface area contributed by atoms with Gasteiger partial charge in [0.25, 0.3) is 11.8 Å². The summed E-state index contributed by atoms with van der Waals surface area (Å²) in [6.45, 7) is 1.27. The molecule has 2 aromatic carbocycles. The van der Waals surface area contributed by atoms with Crippen LogP contribution in [0.2, 0.25) is 0 Å². The summed E-state index contributed by atoms with van der Waals surface area (Å²) in [5, 5.41) is 9.98. The lowest BCUT2D eigenvalue weighted by Crippen LogP contribution is -2.42. The van der Waals surface area contributed by atoms with Crippen LogP contribution in [-0.4, -0.2) is 40.4 Å². The van der Waals surface area contributed by atoms with E-state index in [-0.39, 0.29) is 13.2 Å². The van der Waals surface area contributed by atoms with E-state index in [9.17, 15) is 19.5 Å². The topological polar surface area (TPSA) is 83.9 Å². The zero-order valence-corrected chi connectivity index (χ0v) is 14.3. The quantitative estimate of drug-likeness (QED) is 0.634. The van der Waals surface area contributed by atoms with Crippen LogP contribution >= 0.6 is 0 Å². The zero-order chi connectivity index (χ0) is 18.7. The van der Waals surface area contributed by atoms with Gasteiger partial charge in [0, 0.05) is 6.54 Å². The first kappa shape index (κ1) is 17.8. The van der Waals surface area contributed by atoms with Gasteiger partial charge in [0.05, 0.1) is 17.2 Å². The van der Waals surface area contributed by atoms with Gasteiger partial charge in [-0.05, 0) is 24.6 Å². The predicted molar refractivity (Wildman–Crippen MR) is 93.2 cm³/mol. The molecule has 0 bridgehead atoms. The number of ether oxygens (including phenoxy) is 1. The van der Waals surface area contributed by atoms with Crippen LogP contribution in [0.15, 0.2) is 54.6 Å². The third-order valence-corrected chi connectivity index (χ3v) is 4.37. The van der Waals surface area contributed by atoms with Crippen LogP contribution in [0.3, 0.4) is 0 Å². The van der Waals surface area contributed by atoms with Gasteiger partial charge >= 0.3 is 5.97 Å². The summed E-state index contributed by atoms with van der Waals surface area (Å²) in [6.07, 6.45) is -1.07. The second kappa shape index (κ2) is 7.49. The number of carbonyl (C=O) groups excluding carboxylic acids is 3. The first-order chi connectivity index (χ1) is 12.5. The summed E-state index contributed by atoms with van der Waals surface area (Å²) in [6, 6.07) is 15.6. The molecular weight excluding hydrogens is 334 g/mol. The van der Waals surface area contributed by atoms with Gasteiger partial charge in [0.2, 0.25) is 0 Å². The second-order valence-electron chi connectivity index (χ2n) is 6.21.